The molecule has 0 rings (SSSR count). The predicted octanol–water partition coefficient (Wildman–Crippen LogP) is 1.07. The minimum atomic E-state index is -1.04. The molecule has 0 spiro atoms. The highest BCUT2D eigenvalue weighted by Gasteiger charge is 2.10. The van der Waals surface area contributed by atoms with Gasteiger partial charge in [0, 0.05) is 11.6 Å². The first-order chi connectivity index (χ1) is 8.61. The monoisotopic (exact) mass is 273 g/mol. The largest absolute Gasteiger partial charge is 0.443 e. The van der Waals surface area contributed by atoms with E-state index in [1.54, 1.807) is 18.7 Å². The Hall–Kier alpha value is -1.66. The van der Waals surface area contributed by atoms with Crippen molar-refractivity contribution in [2.75, 3.05) is 14.1 Å². The molecule has 0 aromatic carbocycles. The number of hydrogen-bond acceptors (Lipinski definition) is 6. The van der Waals surface area contributed by atoms with Crippen molar-refractivity contribution in [2.24, 2.45) is 0 Å². The highest BCUT2D eigenvalue weighted by molar-refractivity contribution is 5.87. The second-order valence-corrected chi connectivity index (χ2v) is 3.99. The topological polar surface area (TPSA) is 76.1 Å². The van der Waals surface area contributed by atoms with E-state index in [2.05, 4.69) is 17.9 Å². The molecule has 0 saturated heterocycles. The molecule has 0 aliphatic heterocycles. The molecule has 0 fully saturated rings. The van der Waals surface area contributed by atoms with Crippen LogP contribution in [0.4, 0.5) is 0 Å². The van der Waals surface area contributed by atoms with Crippen molar-refractivity contribution < 1.29 is 24.2 Å². The van der Waals surface area contributed by atoms with Crippen LogP contribution in [0.2, 0.25) is 0 Å². The standard InChI is InChI=1S/C8H15NO2.C5H8O3/c1-6(2)8(10)11-7(3)9(4)5;1-3-5(7)8-4(2)6/h7H,1H2,2-5H3;3-4,6H,1H2,2H3. The Kier molecular flexibility index (Phi) is 10.6. The van der Waals surface area contributed by atoms with Crippen LogP contribution in [-0.2, 0) is 19.1 Å². The van der Waals surface area contributed by atoms with Crippen LogP contribution in [0.15, 0.2) is 24.8 Å². The summed E-state index contributed by atoms with van der Waals surface area (Å²) >= 11 is 0. The van der Waals surface area contributed by atoms with Gasteiger partial charge in [0.1, 0.15) is 0 Å². The van der Waals surface area contributed by atoms with Gasteiger partial charge in [-0.15, -0.1) is 0 Å². The van der Waals surface area contributed by atoms with Crippen molar-refractivity contribution >= 4 is 11.9 Å². The van der Waals surface area contributed by atoms with Gasteiger partial charge >= 0.3 is 11.9 Å². The summed E-state index contributed by atoms with van der Waals surface area (Å²) in [6.45, 7) is 11.4. The lowest BCUT2D eigenvalue weighted by molar-refractivity contribution is -0.158. The fraction of sp³-hybridized carbons (Fsp3) is 0.538. The number of hydrogen-bond donors (Lipinski definition) is 1. The van der Waals surface area contributed by atoms with E-state index in [1.807, 2.05) is 14.1 Å². The third-order valence-corrected chi connectivity index (χ3v) is 1.81. The van der Waals surface area contributed by atoms with E-state index in [0.29, 0.717) is 5.57 Å². The molecule has 0 aliphatic rings. The molecule has 0 aliphatic carbocycles. The van der Waals surface area contributed by atoms with Gasteiger partial charge in [-0.2, -0.15) is 0 Å². The fourth-order valence-electron chi connectivity index (χ4n) is 0.577. The molecule has 0 aromatic heterocycles. The average molecular weight is 273 g/mol. The third kappa shape index (κ3) is 12.6. The van der Waals surface area contributed by atoms with E-state index in [4.69, 9.17) is 9.84 Å². The summed E-state index contributed by atoms with van der Waals surface area (Å²) in [4.78, 5) is 22.8. The molecular weight excluding hydrogens is 250 g/mol. The number of aliphatic hydroxyl groups excluding tert-OH is 1. The maximum absolute atomic E-state index is 10.9. The van der Waals surface area contributed by atoms with Crippen LogP contribution >= 0.6 is 0 Å². The molecule has 0 heterocycles. The van der Waals surface area contributed by atoms with E-state index in [-0.39, 0.29) is 12.2 Å². The minimum absolute atomic E-state index is 0.195. The van der Waals surface area contributed by atoms with Gasteiger partial charge in [-0.1, -0.05) is 13.2 Å². The van der Waals surface area contributed by atoms with Crippen LogP contribution < -0.4 is 0 Å². The summed E-state index contributed by atoms with van der Waals surface area (Å²) in [5.74, 6) is -0.953. The Bertz CT molecular complexity index is 323. The van der Waals surface area contributed by atoms with E-state index < -0.39 is 12.3 Å². The van der Waals surface area contributed by atoms with Crippen LogP contribution in [0.1, 0.15) is 20.8 Å². The van der Waals surface area contributed by atoms with Gasteiger partial charge in [0.15, 0.2) is 12.5 Å². The minimum Gasteiger partial charge on any atom is -0.443 e. The van der Waals surface area contributed by atoms with Crippen molar-refractivity contribution in [3.63, 3.8) is 0 Å². The summed E-state index contributed by atoms with van der Waals surface area (Å²) in [6.07, 6.45) is -0.244. The van der Waals surface area contributed by atoms with E-state index in [1.165, 1.54) is 6.92 Å². The van der Waals surface area contributed by atoms with Crippen LogP contribution in [0, 0.1) is 0 Å². The van der Waals surface area contributed by atoms with E-state index in [9.17, 15) is 9.59 Å². The molecule has 0 saturated carbocycles. The van der Waals surface area contributed by atoms with Gasteiger partial charge in [-0.3, -0.25) is 4.90 Å². The highest BCUT2D eigenvalue weighted by atomic mass is 16.6. The summed E-state index contributed by atoms with van der Waals surface area (Å²) in [5, 5.41) is 8.36. The summed E-state index contributed by atoms with van der Waals surface area (Å²) in [5.41, 5.74) is 0.429. The van der Waals surface area contributed by atoms with Crippen LogP contribution in [-0.4, -0.2) is 48.6 Å². The van der Waals surface area contributed by atoms with Gasteiger partial charge in [-0.05, 0) is 34.9 Å². The van der Waals surface area contributed by atoms with Crippen molar-refractivity contribution in [2.45, 2.75) is 33.3 Å². The lowest BCUT2D eigenvalue weighted by atomic mass is 10.4. The van der Waals surface area contributed by atoms with Crippen molar-refractivity contribution in [1.82, 2.24) is 4.90 Å². The smallest absolute Gasteiger partial charge is 0.334 e. The number of esters is 2. The Morgan fingerprint density at radius 2 is 1.74 bits per heavy atom. The van der Waals surface area contributed by atoms with Crippen LogP contribution in [0.5, 0.6) is 0 Å². The first kappa shape index (κ1) is 19.7. The number of carbonyl (C=O) groups excluding carboxylic acids is 2. The van der Waals surface area contributed by atoms with Crippen LogP contribution in [0.3, 0.4) is 0 Å². The normalized spacial score (nSPS) is 12.6. The first-order valence-corrected chi connectivity index (χ1v) is 5.65. The number of ether oxygens (including phenoxy) is 2. The molecule has 2 unspecified atom stereocenters. The first-order valence-electron chi connectivity index (χ1n) is 5.65. The average Bonchev–Trinajstić information content (AvgIpc) is 2.28. The zero-order valence-corrected chi connectivity index (χ0v) is 12.2. The Morgan fingerprint density at radius 3 is 1.95 bits per heavy atom. The molecule has 19 heavy (non-hydrogen) atoms. The number of rotatable bonds is 5. The molecule has 0 bridgehead atoms. The van der Waals surface area contributed by atoms with Crippen molar-refractivity contribution in [3.05, 3.63) is 24.8 Å². The molecule has 0 aromatic rings. The maximum Gasteiger partial charge on any atom is 0.334 e. The molecule has 0 amide bonds. The highest BCUT2D eigenvalue weighted by Crippen LogP contribution is 1.99. The summed E-state index contributed by atoms with van der Waals surface area (Å²) in [6, 6.07) is 0. The summed E-state index contributed by atoms with van der Waals surface area (Å²) in [7, 11) is 3.69. The van der Waals surface area contributed by atoms with Gasteiger partial charge in [0.05, 0.1) is 0 Å². The van der Waals surface area contributed by atoms with Gasteiger partial charge in [-0.25, -0.2) is 9.59 Å². The molecule has 110 valence electrons. The SMILES string of the molecule is C=C(C)C(=O)OC(C)N(C)C.C=CC(=O)OC(C)O. The van der Waals surface area contributed by atoms with Gasteiger partial charge in [0.2, 0.25) is 0 Å². The van der Waals surface area contributed by atoms with Crippen molar-refractivity contribution in [3.8, 4) is 0 Å². The summed E-state index contributed by atoms with van der Waals surface area (Å²) < 4.78 is 9.16. The Morgan fingerprint density at radius 1 is 1.26 bits per heavy atom. The number of aliphatic hydroxyl groups is 1. The van der Waals surface area contributed by atoms with Gasteiger partial charge in [0.25, 0.3) is 0 Å². The zero-order valence-electron chi connectivity index (χ0n) is 12.2. The molecule has 6 heteroatoms. The zero-order chi connectivity index (χ0) is 15.6. The quantitative estimate of drug-likeness (QED) is 0.459. The van der Waals surface area contributed by atoms with Crippen molar-refractivity contribution in [1.29, 1.82) is 0 Å². The Labute approximate surface area is 114 Å². The second-order valence-electron chi connectivity index (χ2n) is 3.99. The molecule has 2 atom stereocenters. The second kappa shape index (κ2) is 10.3. The fourth-order valence-corrected chi connectivity index (χ4v) is 0.577. The number of nitrogens with zero attached hydrogens (tertiary/aromatic N) is 1. The van der Waals surface area contributed by atoms with Gasteiger partial charge < -0.3 is 14.6 Å². The van der Waals surface area contributed by atoms with E-state index in [0.717, 1.165) is 6.08 Å². The lowest BCUT2D eigenvalue weighted by Crippen LogP contribution is -2.30. The van der Waals surface area contributed by atoms with Crippen LogP contribution in [0.25, 0.3) is 0 Å². The lowest BCUT2D eigenvalue weighted by Gasteiger charge is -2.19. The molecule has 1 N–H and O–H groups in total. The molecular formula is C13H23NO5. The maximum atomic E-state index is 10.9. The number of carbonyl (C=O) groups is 2. The van der Waals surface area contributed by atoms with E-state index >= 15 is 0 Å². The third-order valence-electron chi connectivity index (χ3n) is 1.81. The molecule has 0 radical (unpaired) electrons. The predicted molar refractivity (Wildman–Crippen MR) is 72.0 cm³/mol. The Balaban J connectivity index is 0. The molecule has 6 nitrogen and oxygen atoms in total.